The van der Waals surface area contributed by atoms with Crippen LogP contribution in [0.5, 0.6) is 0 Å². The molecule has 0 spiro atoms. The monoisotopic (exact) mass is 487 g/mol. The van der Waals surface area contributed by atoms with Gasteiger partial charge in [0, 0.05) is 42.2 Å². The first kappa shape index (κ1) is 23.2. The fourth-order valence-electron chi connectivity index (χ4n) is 4.76. The van der Waals surface area contributed by atoms with Crippen LogP contribution in [0.15, 0.2) is 78.4 Å². The first-order valence-electron chi connectivity index (χ1n) is 11.5. The number of ketones is 1. The van der Waals surface area contributed by atoms with Gasteiger partial charge in [-0.25, -0.2) is 4.39 Å². The number of aliphatic hydroxyl groups excluding tert-OH is 1. The van der Waals surface area contributed by atoms with E-state index in [-0.39, 0.29) is 16.8 Å². The summed E-state index contributed by atoms with van der Waals surface area (Å²) in [5.74, 6) is -2.68. The van der Waals surface area contributed by atoms with Crippen LogP contribution in [0.1, 0.15) is 30.0 Å². The van der Waals surface area contributed by atoms with E-state index in [1.165, 1.54) is 53.4 Å². The summed E-state index contributed by atoms with van der Waals surface area (Å²) in [5, 5.41) is 22.1. The molecule has 0 saturated carbocycles. The van der Waals surface area contributed by atoms with Crippen molar-refractivity contribution < 1.29 is 24.0 Å². The van der Waals surface area contributed by atoms with Gasteiger partial charge in [-0.1, -0.05) is 12.1 Å². The molecule has 36 heavy (non-hydrogen) atoms. The molecule has 3 aromatic carbocycles. The molecule has 1 amide bonds. The summed E-state index contributed by atoms with van der Waals surface area (Å²) in [6.07, 6.45) is 2.23. The molecule has 8 nitrogen and oxygen atoms in total. The number of carbonyl (C=O) groups excluding carboxylic acids is 2. The van der Waals surface area contributed by atoms with E-state index in [2.05, 4.69) is 4.90 Å². The maximum absolute atomic E-state index is 13.7. The Labute approximate surface area is 206 Å². The number of anilines is 2. The van der Waals surface area contributed by atoms with E-state index in [0.717, 1.165) is 31.6 Å². The third-order valence-corrected chi connectivity index (χ3v) is 6.58. The van der Waals surface area contributed by atoms with Crippen LogP contribution >= 0.6 is 0 Å². The van der Waals surface area contributed by atoms with Gasteiger partial charge >= 0.3 is 0 Å². The fraction of sp³-hybridized carbons (Fsp3) is 0.185. The highest BCUT2D eigenvalue weighted by Gasteiger charge is 2.47. The van der Waals surface area contributed by atoms with Crippen molar-refractivity contribution in [1.29, 1.82) is 0 Å². The maximum atomic E-state index is 13.7. The third kappa shape index (κ3) is 4.08. The summed E-state index contributed by atoms with van der Waals surface area (Å²) in [7, 11) is 0. The summed E-state index contributed by atoms with van der Waals surface area (Å²) in [5.41, 5.74) is 1.69. The van der Waals surface area contributed by atoms with E-state index >= 15 is 0 Å². The van der Waals surface area contributed by atoms with Crippen LogP contribution in [-0.4, -0.2) is 34.8 Å². The summed E-state index contributed by atoms with van der Waals surface area (Å²) >= 11 is 0. The van der Waals surface area contributed by atoms with Crippen LogP contribution in [0.3, 0.4) is 0 Å². The van der Waals surface area contributed by atoms with Gasteiger partial charge in [-0.2, -0.15) is 0 Å². The molecule has 2 heterocycles. The number of hydrogen-bond donors (Lipinski definition) is 1. The first-order chi connectivity index (χ1) is 17.3. The molecule has 9 heteroatoms. The Morgan fingerprint density at radius 2 is 1.47 bits per heavy atom. The molecule has 5 rings (SSSR count). The lowest BCUT2D eigenvalue weighted by molar-refractivity contribution is -0.384. The first-order valence-corrected chi connectivity index (χ1v) is 11.5. The molecule has 0 bridgehead atoms. The summed E-state index contributed by atoms with van der Waals surface area (Å²) < 4.78 is 13.7. The number of aliphatic hydroxyl groups is 1. The number of nitro benzene ring substituents is 1. The zero-order valence-electron chi connectivity index (χ0n) is 19.1. The van der Waals surface area contributed by atoms with Crippen LogP contribution in [0.2, 0.25) is 0 Å². The smallest absolute Gasteiger partial charge is 0.300 e. The van der Waals surface area contributed by atoms with Crippen molar-refractivity contribution in [2.45, 2.75) is 18.9 Å². The van der Waals surface area contributed by atoms with Crippen molar-refractivity contribution in [3.8, 4) is 0 Å². The van der Waals surface area contributed by atoms with Crippen LogP contribution in [0.25, 0.3) is 5.76 Å². The highest BCUT2D eigenvalue weighted by molar-refractivity contribution is 6.51. The lowest BCUT2D eigenvalue weighted by Gasteiger charge is -2.26. The Hall–Kier alpha value is -4.53. The lowest BCUT2D eigenvalue weighted by atomic mass is 9.95. The van der Waals surface area contributed by atoms with Crippen LogP contribution in [-0.2, 0) is 9.59 Å². The molecule has 1 unspecified atom stereocenters. The second-order valence-corrected chi connectivity index (χ2v) is 8.74. The molecule has 0 aromatic heterocycles. The normalized spacial score (nSPS) is 19.2. The minimum Gasteiger partial charge on any atom is -0.507 e. The molecule has 1 N–H and O–H groups in total. The van der Waals surface area contributed by atoms with E-state index in [9.17, 15) is 29.2 Å². The number of amides is 1. The number of non-ortho nitro benzene ring substituents is 1. The fourth-order valence-corrected chi connectivity index (χ4v) is 4.76. The molecule has 2 aliphatic rings. The van der Waals surface area contributed by atoms with Crippen LogP contribution in [0, 0.1) is 15.9 Å². The Bertz CT molecular complexity index is 1360. The number of carbonyl (C=O) groups is 2. The molecular formula is C27H22FN3O5. The van der Waals surface area contributed by atoms with Gasteiger partial charge in [0.25, 0.3) is 17.4 Å². The van der Waals surface area contributed by atoms with Gasteiger partial charge in [0.2, 0.25) is 0 Å². The van der Waals surface area contributed by atoms with Crippen molar-refractivity contribution in [2.24, 2.45) is 0 Å². The lowest BCUT2D eigenvalue weighted by Crippen LogP contribution is -2.29. The van der Waals surface area contributed by atoms with Crippen molar-refractivity contribution in [3.63, 3.8) is 0 Å². The predicted molar refractivity (Wildman–Crippen MR) is 132 cm³/mol. The SMILES string of the molecule is O=C1C(=O)N(c2ccc(N3CCCC3)cc2)C(c2ccc(F)cc2)/C1=C(/O)c1ccc([N+](=O)[O-])cc1. The summed E-state index contributed by atoms with van der Waals surface area (Å²) in [6.45, 7) is 1.91. The highest BCUT2D eigenvalue weighted by atomic mass is 19.1. The summed E-state index contributed by atoms with van der Waals surface area (Å²) in [6, 6.07) is 16.7. The topological polar surface area (TPSA) is 104 Å². The molecule has 1 atom stereocenters. The number of halogens is 1. The highest BCUT2D eigenvalue weighted by Crippen LogP contribution is 2.42. The van der Waals surface area contributed by atoms with E-state index in [1.54, 1.807) is 12.1 Å². The Balaban J connectivity index is 1.61. The Morgan fingerprint density at radius 3 is 2.06 bits per heavy atom. The number of nitrogens with zero attached hydrogens (tertiary/aromatic N) is 3. The maximum Gasteiger partial charge on any atom is 0.300 e. The molecule has 2 aliphatic heterocycles. The zero-order chi connectivity index (χ0) is 25.4. The standard InChI is InChI=1S/C27H22FN3O5/c28-19-7-3-17(4-8-19)24-23(25(32)18-5-9-22(10-6-18)31(35)36)26(33)27(34)30(24)21-13-11-20(12-14-21)29-15-1-2-16-29/h3-14,24,32H,1-2,15-16H2/b25-23-. The minimum atomic E-state index is -1.02. The molecule has 2 fully saturated rings. The van der Waals surface area contributed by atoms with E-state index < -0.39 is 34.2 Å². The number of Topliss-reactive ketones (excluding diaryl/α,β-unsaturated/α-hetero) is 1. The largest absolute Gasteiger partial charge is 0.507 e. The third-order valence-electron chi connectivity index (χ3n) is 6.58. The van der Waals surface area contributed by atoms with E-state index in [0.29, 0.717) is 11.3 Å². The minimum absolute atomic E-state index is 0.148. The zero-order valence-corrected chi connectivity index (χ0v) is 19.1. The number of rotatable bonds is 5. The van der Waals surface area contributed by atoms with Gasteiger partial charge < -0.3 is 10.0 Å². The number of benzene rings is 3. The molecule has 3 aromatic rings. The van der Waals surface area contributed by atoms with Gasteiger partial charge in [0.15, 0.2) is 0 Å². The Morgan fingerprint density at radius 1 is 0.889 bits per heavy atom. The van der Waals surface area contributed by atoms with Gasteiger partial charge in [-0.15, -0.1) is 0 Å². The van der Waals surface area contributed by atoms with Crippen molar-refractivity contribution in [1.82, 2.24) is 0 Å². The van der Waals surface area contributed by atoms with Crippen molar-refractivity contribution in [3.05, 3.63) is 105 Å². The van der Waals surface area contributed by atoms with E-state index in [4.69, 9.17) is 0 Å². The predicted octanol–water partition coefficient (Wildman–Crippen LogP) is 4.96. The Kier molecular flexibility index (Phi) is 5.97. The second-order valence-electron chi connectivity index (χ2n) is 8.74. The van der Waals surface area contributed by atoms with Crippen molar-refractivity contribution >= 4 is 34.5 Å². The van der Waals surface area contributed by atoms with Gasteiger partial charge in [-0.3, -0.25) is 24.6 Å². The molecule has 2 saturated heterocycles. The molecular weight excluding hydrogens is 465 g/mol. The van der Waals surface area contributed by atoms with Gasteiger partial charge in [-0.05, 0) is 66.9 Å². The van der Waals surface area contributed by atoms with Crippen LogP contribution < -0.4 is 9.80 Å². The summed E-state index contributed by atoms with van der Waals surface area (Å²) in [4.78, 5) is 40.4. The van der Waals surface area contributed by atoms with Gasteiger partial charge in [0.1, 0.15) is 11.6 Å². The number of nitro groups is 1. The van der Waals surface area contributed by atoms with Gasteiger partial charge in [0.05, 0.1) is 16.5 Å². The van der Waals surface area contributed by atoms with Crippen LogP contribution in [0.4, 0.5) is 21.5 Å². The van der Waals surface area contributed by atoms with Crippen molar-refractivity contribution in [2.75, 3.05) is 22.9 Å². The molecule has 0 radical (unpaired) electrons. The quantitative estimate of drug-likeness (QED) is 0.179. The average Bonchev–Trinajstić information content (AvgIpc) is 3.52. The number of hydrogen-bond acceptors (Lipinski definition) is 6. The average molecular weight is 487 g/mol. The second kappa shape index (κ2) is 9.26. The molecule has 0 aliphatic carbocycles. The molecule has 182 valence electrons. The van der Waals surface area contributed by atoms with E-state index in [1.807, 2.05) is 12.1 Å².